The van der Waals surface area contributed by atoms with Gasteiger partial charge in [-0.3, -0.25) is 0 Å². The summed E-state index contributed by atoms with van der Waals surface area (Å²) in [5.41, 5.74) is 10.2. The number of benzene rings is 4. The van der Waals surface area contributed by atoms with Gasteiger partial charge in [0.05, 0.1) is 0 Å². The Morgan fingerprint density at radius 2 is 0.500 bits per heavy atom. The van der Waals surface area contributed by atoms with Gasteiger partial charge in [0.25, 0.3) is 0 Å². The quantitative estimate of drug-likeness (QED) is 0.285. The summed E-state index contributed by atoms with van der Waals surface area (Å²) in [6.07, 6.45) is 17.0. The smallest absolute Gasteiger partial charge is 0.00389 e. The average Bonchev–Trinajstić information content (AvgIpc) is 3.68. The highest BCUT2D eigenvalue weighted by molar-refractivity contribution is 5.86. The van der Waals surface area contributed by atoms with Crippen LogP contribution in [0.5, 0.6) is 0 Å². The molecule has 0 aromatic heterocycles. The van der Waals surface area contributed by atoms with E-state index in [1.54, 1.807) is 0 Å². The van der Waals surface area contributed by atoms with Gasteiger partial charge in [0, 0.05) is 0 Å². The monoisotopic (exact) mass is 460 g/mol. The third kappa shape index (κ3) is 5.51. The molecule has 0 heteroatoms. The summed E-state index contributed by atoms with van der Waals surface area (Å²) in [6, 6.07) is 42.2. The molecule has 4 aromatic carbocycles. The van der Waals surface area contributed by atoms with Crippen LogP contribution in [-0.2, 0) is 0 Å². The molecule has 0 aliphatic heterocycles. The highest BCUT2D eigenvalue weighted by Crippen LogP contribution is 2.30. The molecule has 0 N–H and O–H groups in total. The van der Waals surface area contributed by atoms with E-state index in [0.717, 1.165) is 0 Å². The van der Waals surface area contributed by atoms with Crippen molar-refractivity contribution in [1.82, 2.24) is 0 Å². The molecule has 0 nitrogen and oxygen atoms in total. The fourth-order valence-electron chi connectivity index (χ4n) is 4.50. The van der Waals surface area contributed by atoms with Crippen LogP contribution >= 0.6 is 0 Å². The summed E-state index contributed by atoms with van der Waals surface area (Å²) < 4.78 is 0. The van der Waals surface area contributed by atoms with E-state index in [2.05, 4.69) is 170 Å². The first-order chi connectivity index (χ1) is 17.9. The molecule has 0 saturated heterocycles. The second kappa shape index (κ2) is 11.6. The first-order valence-electron chi connectivity index (χ1n) is 12.3. The minimum Gasteiger partial charge on any atom is -0.0622 e. The van der Waals surface area contributed by atoms with Crippen LogP contribution in [-0.4, -0.2) is 0 Å². The first kappa shape index (κ1) is 23.1. The standard InChI is InChI=1S/2C18H14/c2*1-3-9-15(10-4-1)18(17-13-7-8-14-17)16-11-5-2-6-12-16/h2*1-14H. The zero-order valence-corrected chi connectivity index (χ0v) is 20.2. The Hall–Kier alpha value is -4.68. The summed E-state index contributed by atoms with van der Waals surface area (Å²) in [5, 5.41) is 0. The van der Waals surface area contributed by atoms with Gasteiger partial charge in [-0.1, -0.05) is 170 Å². The maximum absolute atomic E-state index is 2.16. The van der Waals surface area contributed by atoms with Crippen molar-refractivity contribution in [3.8, 4) is 0 Å². The Bertz CT molecular complexity index is 1230. The molecule has 0 unspecified atom stereocenters. The van der Waals surface area contributed by atoms with Gasteiger partial charge in [-0.05, 0) is 44.5 Å². The Labute approximate surface area is 214 Å². The van der Waals surface area contributed by atoms with Gasteiger partial charge in [-0.15, -0.1) is 0 Å². The second-order valence-electron chi connectivity index (χ2n) is 8.56. The molecule has 2 aliphatic carbocycles. The molecule has 0 atom stereocenters. The molecule has 36 heavy (non-hydrogen) atoms. The van der Waals surface area contributed by atoms with E-state index in [4.69, 9.17) is 0 Å². The number of rotatable bonds is 4. The zero-order valence-electron chi connectivity index (χ0n) is 20.2. The third-order valence-corrected chi connectivity index (χ3v) is 6.15. The molecule has 0 heterocycles. The number of hydrogen-bond acceptors (Lipinski definition) is 0. The molecule has 172 valence electrons. The van der Waals surface area contributed by atoms with E-state index in [1.807, 2.05) is 0 Å². The predicted molar refractivity (Wildman–Crippen MR) is 154 cm³/mol. The van der Waals surface area contributed by atoms with Crippen molar-refractivity contribution in [2.45, 2.75) is 0 Å². The fraction of sp³-hybridized carbons (Fsp3) is 0. The Balaban J connectivity index is 0.000000148. The van der Waals surface area contributed by atoms with Crippen LogP contribution in [0, 0.1) is 0 Å². The van der Waals surface area contributed by atoms with E-state index in [-0.39, 0.29) is 0 Å². The molecule has 0 radical (unpaired) electrons. The molecule has 0 amide bonds. The molecule has 4 aromatic rings. The maximum atomic E-state index is 2.16. The van der Waals surface area contributed by atoms with E-state index in [1.165, 1.54) is 44.5 Å². The Morgan fingerprint density at radius 1 is 0.278 bits per heavy atom. The highest BCUT2D eigenvalue weighted by atomic mass is 14.1. The summed E-state index contributed by atoms with van der Waals surface area (Å²) in [5.74, 6) is 0. The van der Waals surface area contributed by atoms with Gasteiger partial charge in [-0.2, -0.15) is 0 Å². The van der Waals surface area contributed by atoms with Crippen molar-refractivity contribution in [2.75, 3.05) is 0 Å². The third-order valence-electron chi connectivity index (χ3n) is 6.15. The van der Waals surface area contributed by atoms with Crippen molar-refractivity contribution in [3.05, 3.63) is 203 Å². The van der Waals surface area contributed by atoms with Gasteiger partial charge in [0.1, 0.15) is 0 Å². The SMILES string of the molecule is C1=CC(=C(c2ccccc2)c2ccccc2)C=C1.C1=CC(=C(c2ccccc2)c2ccccc2)C=C1. The lowest BCUT2D eigenvalue weighted by molar-refractivity contribution is 1.52. The first-order valence-corrected chi connectivity index (χ1v) is 12.3. The molecular weight excluding hydrogens is 432 g/mol. The van der Waals surface area contributed by atoms with Gasteiger partial charge >= 0.3 is 0 Å². The van der Waals surface area contributed by atoms with Gasteiger partial charge < -0.3 is 0 Å². The van der Waals surface area contributed by atoms with E-state index in [9.17, 15) is 0 Å². The van der Waals surface area contributed by atoms with Crippen LogP contribution < -0.4 is 0 Å². The van der Waals surface area contributed by atoms with Crippen molar-refractivity contribution in [2.24, 2.45) is 0 Å². The van der Waals surface area contributed by atoms with Gasteiger partial charge in [-0.25, -0.2) is 0 Å². The van der Waals surface area contributed by atoms with Crippen LogP contribution in [0.4, 0.5) is 0 Å². The van der Waals surface area contributed by atoms with Crippen LogP contribution in [0.3, 0.4) is 0 Å². The second-order valence-corrected chi connectivity index (χ2v) is 8.56. The minimum absolute atomic E-state index is 1.26. The summed E-state index contributed by atoms with van der Waals surface area (Å²) >= 11 is 0. The number of allylic oxidation sites excluding steroid dienone is 10. The van der Waals surface area contributed by atoms with Crippen molar-refractivity contribution in [1.29, 1.82) is 0 Å². The lowest BCUT2D eigenvalue weighted by Gasteiger charge is -2.10. The molecule has 2 aliphatic rings. The molecule has 0 bridgehead atoms. The van der Waals surface area contributed by atoms with Crippen molar-refractivity contribution < 1.29 is 0 Å². The Morgan fingerprint density at radius 3 is 0.722 bits per heavy atom. The summed E-state index contributed by atoms with van der Waals surface area (Å²) in [6.45, 7) is 0. The lowest BCUT2D eigenvalue weighted by atomic mass is 9.93. The average molecular weight is 461 g/mol. The molecule has 6 rings (SSSR count). The van der Waals surface area contributed by atoms with Crippen LogP contribution in [0.15, 0.2) is 181 Å². The van der Waals surface area contributed by atoms with Crippen molar-refractivity contribution in [3.63, 3.8) is 0 Å². The van der Waals surface area contributed by atoms with E-state index >= 15 is 0 Å². The summed E-state index contributed by atoms with van der Waals surface area (Å²) in [7, 11) is 0. The van der Waals surface area contributed by atoms with E-state index < -0.39 is 0 Å². The number of hydrogen-bond donors (Lipinski definition) is 0. The molecule has 0 saturated carbocycles. The molecule has 0 spiro atoms. The zero-order chi connectivity index (χ0) is 24.4. The van der Waals surface area contributed by atoms with Gasteiger partial charge in [0.15, 0.2) is 0 Å². The molecule has 0 fully saturated rings. The minimum atomic E-state index is 1.26. The van der Waals surface area contributed by atoms with Crippen LogP contribution in [0.2, 0.25) is 0 Å². The van der Waals surface area contributed by atoms with Crippen molar-refractivity contribution >= 4 is 11.1 Å². The molecular formula is C36H28. The van der Waals surface area contributed by atoms with E-state index in [0.29, 0.717) is 0 Å². The Kier molecular flexibility index (Phi) is 7.46. The lowest BCUT2D eigenvalue weighted by Crippen LogP contribution is -1.90. The maximum Gasteiger partial charge on any atom is -0.00389 e. The largest absolute Gasteiger partial charge is 0.0622 e. The predicted octanol–water partition coefficient (Wildman–Crippen LogP) is 9.23. The fourth-order valence-corrected chi connectivity index (χ4v) is 4.50. The van der Waals surface area contributed by atoms with Gasteiger partial charge in [0.2, 0.25) is 0 Å². The van der Waals surface area contributed by atoms with Crippen LogP contribution in [0.25, 0.3) is 11.1 Å². The highest BCUT2D eigenvalue weighted by Gasteiger charge is 2.10. The topological polar surface area (TPSA) is 0 Å². The van der Waals surface area contributed by atoms with Crippen LogP contribution in [0.1, 0.15) is 22.3 Å². The normalized spacial score (nSPS) is 13.0. The summed E-state index contributed by atoms with van der Waals surface area (Å²) in [4.78, 5) is 0.